The highest BCUT2D eigenvalue weighted by atomic mass is 19.1. The van der Waals surface area contributed by atoms with Crippen LogP contribution in [0.15, 0.2) is 24.7 Å². The number of carbonyl (C=O) groups excluding carboxylic acids is 2. The van der Waals surface area contributed by atoms with E-state index in [1.165, 1.54) is 11.0 Å². The van der Waals surface area contributed by atoms with E-state index in [4.69, 9.17) is 0 Å². The molecule has 0 spiro atoms. The lowest BCUT2D eigenvalue weighted by molar-refractivity contribution is -0.158. The van der Waals surface area contributed by atoms with Crippen molar-refractivity contribution in [3.05, 3.63) is 36.2 Å². The average molecular weight is 357 g/mol. The van der Waals surface area contributed by atoms with Gasteiger partial charge in [-0.1, -0.05) is 12.8 Å². The van der Waals surface area contributed by atoms with Crippen molar-refractivity contribution >= 4 is 11.8 Å². The van der Waals surface area contributed by atoms with Crippen LogP contribution in [0.3, 0.4) is 0 Å². The molecule has 4 rings (SSSR count). The van der Waals surface area contributed by atoms with Gasteiger partial charge < -0.3 is 9.80 Å². The van der Waals surface area contributed by atoms with Crippen LogP contribution in [-0.4, -0.2) is 55.9 Å². The third-order valence-electron chi connectivity index (χ3n) is 5.20. The Morgan fingerprint density at radius 3 is 2.62 bits per heavy atom. The molecule has 0 unspecified atom stereocenters. The Balaban J connectivity index is 1.46. The average Bonchev–Trinajstić information content (AvgIpc) is 3.34. The van der Waals surface area contributed by atoms with E-state index in [9.17, 15) is 14.0 Å². The molecule has 1 saturated carbocycles. The number of carbonyl (C=O) groups is 2. The number of H-pyrrole nitrogens is 1. The number of aromatic amines is 1. The lowest BCUT2D eigenvalue weighted by Gasteiger charge is -2.37. The summed E-state index contributed by atoms with van der Waals surface area (Å²) in [6.07, 6.45) is 8.91. The van der Waals surface area contributed by atoms with Gasteiger partial charge >= 0.3 is 11.8 Å². The van der Waals surface area contributed by atoms with Gasteiger partial charge in [-0.3, -0.25) is 19.7 Å². The van der Waals surface area contributed by atoms with Crippen LogP contribution >= 0.6 is 0 Å². The van der Waals surface area contributed by atoms with Gasteiger partial charge in [0.1, 0.15) is 5.82 Å². The summed E-state index contributed by atoms with van der Waals surface area (Å²) in [6.45, 7) is 0.913. The van der Waals surface area contributed by atoms with Crippen LogP contribution in [0.4, 0.5) is 4.39 Å². The van der Waals surface area contributed by atoms with Gasteiger partial charge in [0.25, 0.3) is 0 Å². The molecule has 1 aliphatic carbocycles. The number of amides is 2. The van der Waals surface area contributed by atoms with E-state index in [0.29, 0.717) is 18.7 Å². The first-order chi connectivity index (χ1) is 12.6. The van der Waals surface area contributed by atoms with E-state index in [0.717, 1.165) is 31.2 Å². The van der Waals surface area contributed by atoms with Crippen molar-refractivity contribution in [1.29, 1.82) is 0 Å². The minimum Gasteiger partial charge on any atom is -0.330 e. The summed E-state index contributed by atoms with van der Waals surface area (Å²) >= 11 is 0. The maximum Gasteiger partial charge on any atom is 0.312 e. The maximum absolute atomic E-state index is 14.4. The van der Waals surface area contributed by atoms with E-state index in [-0.39, 0.29) is 18.3 Å². The highest BCUT2D eigenvalue weighted by Gasteiger charge is 2.37. The maximum atomic E-state index is 14.4. The predicted octanol–water partition coefficient (Wildman–Crippen LogP) is 1.72. The summed E-state index contributed by atoms with van der Waals surface area (Å²) in [4.78, 5) is 32.1. The van der Waals surface area contributed by atoms with E-state index in [1.54, 1.807) is 23.5 Å². The highest BCUT2D eigenvalue weighted by molar-refractivity contribution is 6.35. The molecule has 2 aromatic heterocycles. The number of aromatic nitrogens is 3. The molecule has 1 saturated heterocycles. The van der Waals surface area contributed by atoms with Gasteiger partial charge in [0.2, 0.25) is 0 Å². The van der Waals surface area contributed by atoms with E-state index in [2.05, 4.69) is 15.2 Å². The summed E-state index contributed by atoms with van der Waals surface area (Å²) in [7, 11) is 0. The van der Waals surface area contributed by atoms with Crippen LogP contribution in [0, 0.1) is 5.82 Å². The van der Waals surface area contributed by atoms with E-state index >= 15 is 0 Å². The predicted molar refractivity (Wildman–Crippen MR) is 91.2 cm³/mol. The SMILES string of the molecule is O=C1C(=O)N(C2CCCC2)CCN1Cc1ncc(-c2cn[nH]c2)cc1F. The number of hydrogen-bond donors (Lipinski definition) is 1. The highest BCUT2D eigenvalue weighted by Crippen LogP contribution is 2.26. The molecule has 2 aliphatic rings. The van der Waals surface area contributed by atoms with Crippen LogP contribution < -0.4 is 0 Å². The lowest BCUT2D eigenvalue weighted by Crippen LogP contribution is -2.56. The van der Waals surface area contributed by atoms with Gasteiger partial charge in [0, 0.05) is 42.7 Å². The number of rotatable bonds is 4. The fourth-order valence-corrected chi connectivity index (χ4v) is 3.73. The largest absolute Gasteiger partial charge is 0.330 e. The zero-order chi connectivity index (χ0) is 18.1. The first-order valence-corrected chi connectivity index (χ1v) is 8.87. The van der Waals surface area contributed by atoms with Crippen molar-refractivity contribution in [3.63, 3.8) is 0 Å². The van der Waals surface area contributed by atoms with Crippen molar-refractivity contribution in [1.82, 2.24) is 25.0 Å². The molecule has 2 aromatic rings. The third-order valence-corrected chi connectivity index (χ3v) is 5.20. The molecule has 2 amide bonds. The molecular weight excluding hydrogens is 337 g/mol. The zero-order valence-corrected chi connectivity index (χ0v) is 14.3. The molecule has 0 radical (unpaired) electrons. The Bertz CT molecular complexity index is 817. The van der Waals surface area contributed by atoms with Crippen molar-refractivity contribution < 1.29 is 14.0 Å². The second-order valence-electron chi connectivity index (χ2n) is 6.80. The van der Waals surface area contributed by atoms with Crippen LogP contribution in [0.1, 0.15) is 31.4 Å². The van der Waals surface area contributed by atoms with Gasteiger partial charge in [-0.05, 0) is 18.9 Å². The summed E-state index contributed by atoms with van der Waals surface area (Å²) in [5, 5.41) is 6.50. The Labute approximate surface area is 150 Å². The third kappa shape index (κ3) is 3.07. The summed E-state index contributed by atoms with van der Waals surface area (Å²) in [5.41, 5.74) is 1.50. The Morgan fingerprint density at radius 2 is 1.92 bits per heavy atom. The quantitative estimate of drug-likeness (QED) is 0.845. The number of piperazine rings is 1. The van der Waals surface area contributed by atoms with Gasteiger partial charge in [-0.15, -0.1) is 0 Å². The Morgan fingerprint density at radius 1 is 1.12 bits per heavy atom. The molecule has 1 N–H and O–H groups in total. The summed E-state index contributed by atoms with van der Waals surface area (Å²) in [5.74, 6) is -1.54. The Kier molecular flexibility index (Phi) is 4.40. The number of hydrogen-bond acceptors (Lipinski definition) is 4. The zero-order valence-electron chi connectivity index (χ0n) is 14.3. The first-order valence-electron chi connectivity index (χ1n) is 8.87. The lowest BCUT2D eigenvalue weighted by atomic mass is 10.1. The van der Waals surface area contributed by atoms with Gasteiger partial charge in [0.15, 0.2) is 0 Å². The second-order valence-corrected chi connectivity index (χ2v) is 6.80. The monoisotopic (exact) mass is 357 g/mol. The summed E-state index contributed by atoms with van der Waals surface area (Å²) in [6, 6.07) is 1.55. The molecule has 136 valence electrons. The smallest absolute Gasteiger partial charge is 0.312 e. The molecule has 3 heterocycles. The van der Waals surface area contributed by atoms with Crippen LogP contribution in [0.5, 0.6) is 0 Å². The fraction of sp³-hybridized carbons (Fsp3) is 0.444. The minimum atomic E-state index is -0.566. The normalized spacial score (nSPS) is 18.8. The van der Waals surface area contributed by atoms with Gasteiger partial charge in [-0.2, -0.15) is 5.10 Å². The minimum absolute atomic E-state index is 0.000576. The molecule has 26 heavy (non-hydrogen) atoms. The number of halogens is 1. The van der Waals surface area contributed by atoms with Crippen molar-refractivity contribution in [2.45, 2.75) is 38.3 Å². The topological polar surface area (TPSA) is 82.2 Å². The van der Waals surface area contributed by atoms with Crippen molar-refractivity contribution in [2.24, 2.45) is 0 Å². The van der Waals surface area contributed by atoms with Gasteiger partial charge in [0.05, 0.1) is 18.4 Å². The summed E-state index contributed by atoms with van der Waals surface area (Å²) < 4.78 is 14.4. The van der Waals surface area contributed by atoms with Crippen molar-refractivity contribution in [3.8, 4) is 11.1 Å². The first kappa shape index (κ1) is 16.7. The standard InChI is InChI=1S/C18H20FN5O2/c19-15-7-12(13-9-21-22-10-13)8-20-16(15)11-23-5-6-24(18(26)17(23)25)14-3-1-2-4-14/h7-10,14H,1-6,11H2,(H,21,22). The molecule has 8 heteroatoms. The van der Waals surface area contributed by atoms with Crippen molar-refractivity contribution in [2.75, 3.05) is 13.1 Å². The number of nitrogens with one attached hydrogen (secondary N) is 1. The molecule has 0 atom stereocenters. The van der Waals surface area contributed by atoms with Gasteiger partial charge in [-0.25, -0.2) is 4.39 Å². The molecule has 1 aliphatic heterocycles. The Hall–Kier alpha value is -2.77. The molecule has 7 nitrogen and oxygen atoms in total. The van der Waals surface area contributed by atoms with E-state index in [1.807, 2.05) is 0 Å². The molecule has 0 bridgehead atoms. The molecule has 0 aromatic carbocycles. The molecule has 2 fully saturated rings. The van der Waals surface area contributed by atoms with Crippen LogP contribution in [0.2, 0.25) is 0 Å². The second kappa shape index (κ2) is 6.86. The van der Waals surface area contributed by atoms with Crippen LogP contribution in [-0.2, 0) is 16.1 Å². The van der Waals surface area contributed by atoms with E-state index < -0.39 is 17.6 Å². The number of pyridine rings is 1. The van der Waals surface area contributed by atoms with Crippen LogP contribution in [0.25, 0.3) is 11.1 Å². The number of nitrogens with zero attached hydrogens (tertiary/aromatic N) is 4. The fourth-order valence-electron chi connectivity index (χ4n) is 3.73. The molecular formula is C18H20FN5O2.